The third-order valence-corrected chi connectivity index (χ3v) is 8.94. The number of para-hydroxylation sites is 1. The number of benzene rings is 2. The van der Waals surface area contributed by atoms with Gasteiger partial charge >= 0.3 is 162 Å². The fourth-order valence-electron chi connectivity index (χ4n) is 2.91. The van der Waals surface area contributed by atoms with Crippen LogP contribution >= 0.6 is 7.26 Å². The summed E-state index contributed by atoms with van der Waals surface area (Å²) in [5, 5.41) is 3.06. The molecular formula is C22H30NO3P. The fourth-order valence-corrected chi connectivity index (χ4v) is 4.85. The van der Waals surface area contributed by atoms with Gasteiger partial charge in [0.05, 0.1) is 0 Å². The summed E-state index contributed by atoms with van der Waals surface area (Å²) in [7, 11) is -2.15. The molecule has 1 unspecified atom stereocenters. The van der Waals surface area contributed by atoms with Gasteiger partial charge in [0.1, 0.15) is 0 Å². The second-order valence-corrected chi connectivity index (χ2v) is 13.0. The summed E-state index contributed by atoms with van der Waals surface area (Å²) in [6.45, 7) is 10.3. The number of hydrogen-bond acceptors (Lipinski definition) is 3. The summed E-state index contributed by atoms with van der Waals surface area (Å²) < 4.78 is 5.41. The van der Waals surface area contributed by atoms with Crippen molar-refractivity contribution >= 4 is 24.8 Å². The molecule has 2 rings (SSSR count). The van der Waals surface area contributed by atoms with Gasteiger partial charge in [-0.05, 0) is 0 Å². The van der Waals surface area contributed by atoms with Crippen LogP contribution in [0.15, 0.2) is 48.5 Å². The summed E-state index contributed by atoms with van der Waals surface area (Å²) in [4.78, 5) is 25.1. The predicted octanol–water partition coefficient (Wildman–Crippen LogP) is 4.38. The number of aryl methyl sites for hydroxylation is 2. The zero-order valence-electron chi connectivity index (χ0n) is 16.8. The van der Waals surface area contributed by atoms with E-state index in [0.29, 0.717) is 6.16 Å². The van der Waals surface area contributed by atoms with Gasteiger partial charge in [0, 0.05) is 0 Å². The number of anilines is 1. The number of nitrogens with one attached hydrogen (secondary N) is 1. The molecule has 0 aromatic heterocycles. The van der Waals surface area contributed by atoms with Crippen molar-refractivity contribution < 1.29 is 14.3 Å². The van der Waals surface area contributed by atoms with E-state index in [0.717, 1.165) is 22.4 Å². The van der Waals surface area contributed by atoms with Crippen molar-refractivity contribution in [2.75, 3.05) is 24.8 Å². The van der Waals surface area contributed by atoms with E-state index in [4.69, 9.17) is 4.74 Å². The van der Waals surface area contributed by atoms with Gasteiger partial charge in [-0.3, -0.25) is 0 Å². The van der Waals surface area contributed by atoms with Crippen molar-refractivity contribution in [3.63, 3.8) is 0 Å². The number of carbonyl (C=O) groups is 2. The molecule has 1 N–H and O–H groups in total. The summed E-state index contributed by atoms with van der Waals surface area (Å²) in [6.07, 6.45) is 0.321. The fraction of sp³-hybridized carbons (Fsp3) is 0.364. The minimum atomic E-state index is -2.15. The first-order valence-electron chi connectivity index (χ1n) is 9.27. The van der Waals surface area contributed by atoms with E-state index in [9.17, 15) is 9.59 Å². The van der Waals surface area contributed by atoms with Crippen molar-refractivity contribution in [2.24, 2.45) is 0 Å². The number of carbonyl (C=O) groups excluding carboxylic acids is 2. The monoisotopic (exact) mass is 387 g/mol. The molecule has 0 aliphatic carbocycles. The molecule has 0 saturated carbocycles. The van der Waals surface area contributed by atoms with Crippen LogP contribution in [0.4, 0.5) is 5.69 Å². The molecule has 5 heteroatoms. The second-order valence-electron chi connectivity index (χ2n) is 7.79. The Bertz CT molecular complexity index is 782. The Morgan fingerprint density at radius 2 is 1.59 bits per heavy atom. The Morgan fingerprint density at radius 3 is 2.19 bits per heavy atom. The van der Waals surface area contributed by atoms with Crippen LogP contribution in [0.3, 0.4) is 0 Å². The van der Waals surface area contributed by atoms with Gasteiger partial charge in [-0.15, -0.1) is 0 Å². The maximum absolute atomic E-state index is 12.8. The third kappa shape index (κ3) is 5.90. The third-order valence-electron chi connectivity index (χ3n) is 5.14. The Kier molecular flexibility index (Phi) is 7.15. The van der Waals surface area contributed by atoms with Gasteiger partial charge in [0.2, 0.25) is 0 Å². The van der Waals surface area contributed by atoms with Gasteiger partial charge in [-0.2, -0.15) is 0 Å². The molecule has 27 heavy (non-hydrogen) atoms. The van der Waals surface area contributed by atoms with Crippen molar-refractivity contribution in [2.45, 2.75) is 33.0 Å². The quantitative estimate of drug-likeness (QED) is 0.566. The average Bonchev–Trinajstić information content (AvgIpc) is 2.63. The SMILES string of the molecule is Cc1cccc(C)c1NC(=O)C(C)[PH](C)(C)CC(=O)OCc1ccccc1. The Labute approximate surface area is 162 Å². The Balaban J connectivity index is 1.95. The molecule has 0 fully saturated rings. The van der Waals surface area contributed by atoms with Crippen LogP contribution in [-0.4, -0.2) is 37.0 Å². The van der Waals surface area contributed by atoms with Crippen molar-refractivity contribution in [1.29, 1.82) is 0 Å². The molecule has 0 heterocycles. The second kappa shape index (κ2) is 9.14. The van der Waals surface area contributed by atoms with Crippen LogP contribution in [0, 0.1) is 13.8 Å². The van der Waals surface area contributed by atoms with Gasteiger partial charge < -0.3 is 0 Å². The van der Waals surface area contributed by atoms with Crippen molar-refractivity contribution in [1.82, 2.24) is 0 Å². The van der Waals surface area contributed by atoms with Crippen LogP contribution in [0.1, 0.15) is 23.6 Å². The maximum atomic E-state index is 12.8. The van der Waals surface area contributed by atoms with Crippen LogP contribution in [0.25, 0.3) is 0 Å². The summed E-state index contributed by atoms with van der Waals surface area (Å²) in [5.74, 6) is -0.262. The molecule has 2 aromatic rings. The normalized spacial score (nSPS) is 12.9. The molecule has 0 bridgehead atoms. The van der Waals surface area contributed by atoms with Gasteiger partial charge in [0.15, 0.2) is 0 Å². The number of ether oxygens (including phenoxy) is 1. The molecule has 146 valence electrons. The van der Waals surface area contributed by atoms with E-state index in [1.165, 1.54) is 0 Å². The molecule has 2 aromatic carbocycles. The molecule has 0 saturated heterocycles. The summed E-state index contributed by atoms with van der Waals surface area (Å²) in [5.41, 5.74) is 3.70. The van der Waals surface area contributed by atoms with E-state index in [1.54, 1.807) is 0 Å². The van der Waals surface area contributed by atoms with Crippen molar-refractivity contribution in [3.05, 3.63) is 65.2 Å². The zero-order chi connectivity index (χ0) is 20.0. The topological polar surface area (TPSA) is 55.4 Å². The molecular weight excluding hydrogens is 357 g/mol. The number of rotatable bonds is 7. The number of hydrogen-bond donors (Lipinski definition) is 1. The predicted molar refractivity (Wildman–Crippen MR) is 115 cm³/mol. The van der Waals surface area contributed by atoms with E-state index >= 15 is 0 Å². The molecule has 0 aliphatic heterocycles. The van der Waals surface area contributed by atoms with Gasteiger partial charge in [-0.25, -0.2) is 0 Å². The van der Waals surface area contributed by atoms with E-state index in [1.807, 2.05) is 69.3 Å². The van der Waals surface area contributed by atoms with Crippen LogP contribution in [0.2, 0.25) is 0 Å². The number of esters is 1. The van der Waals surface area contributed by atoms with Gasteiger partial charge in [-0.1, -0.05) is 0 Å². The number of amides is 1. The average molecular weight is 387 g/mol. The molecule has 0 aliphatic rings. The molecule has 4 nitrogen and oxygen atoms in total. The summed E-state index contributed by atoms with van der Waals surface area (Å²) >= 11 is 0. The van der Waals surface area contributed by atoms with Gasteiger partial charge in [0.25, 0.3) is 0 Å². The van der Waals surface area contributed by atoms with E-state index in [-0.39, 0.29) is 24.1 Å². The minimum absolute atomic E-state index is 0.0278. The standard InChI is InChI=1S/C22H30NO3P/c1-16-10-9-11-17(2)21(16)23-22(25)18(3)27(4,5)15-20(24)26-14-19-12-7-6-8-13-19/h6-13,18,27H,14-15H2,1-5H3,(H,23,25). The Hall–Kier alpha value is -2.19. The van der Waals surface area contributed by atoms with Crippen LogP contribution in [0.5, 0.6) is 0 Å². The first kappa shape index (κ1) is 21.1. The molecule has 1 atom stereocenters. The van der Waals surface area contributed by atoms with Crippen LogP contribution in [-0.2, 0) is 20.9 Å². The van der Waals surface area contributed by atoms with Crippen molar-refractivity contribution in [3.8, 4) is 0 Å². The van der Waals surface area contributed by atoms with E-state index < -0.39 is 7.26 Å². The summed E-state index contributed by atoms with van der Waals surface area (Å²) in [6, 6.07) is 15.6. The first-order chi connectivity index (χ1) is 12.7. The van der Waals surface area contributed by atoms with E-state index in [2.05, 4.69) is 18.6 Å². The molecule has 0 spiro atoms. The molecule has 1 amide bonds. The molecule has 0 radical (unpaired) electrons. The Morgan fingerprint density at radius 1 is 1.00 bits per heavy atom. The van der Waals surface area contributed by atoms with Crippen LogP contribution < -0.4 is 5.32 Å². The first-order valence-corrected chi connectivity index (χ1v) is 12.6. The zero-order valence-corrected chi connectivity index (χ0v) is 17.8.